The molecule has 3 rings (SSSR count). The normalized spacial score (nSPS) is 10.1. The minimum Gasteiger partial charge on any atom is -0.370 e. The molecule has 6 nitrogen and oxygen atoms in total. The molecule has 128 valence electrons. The SMILES string of the molecule is Cc1ccccc1-n1cc(C(=O)N=C(N)N)c2ccccc2c1=O.Cl. The van der Waals surface area contributed by atoms with Crippen molar-refractivity contribution in [1.82, 2.24) is 4.57 Å². The van der Waals surface area contributed by atoms with E-state index in [2.05, 4.69) is 4.99 Å². The first-order valence-corrected chi connectivity index (χ1v) is 7.33. The highest BCUT2D eigenvalue weighted by Gasteiger charge is 2.15. The summed E-state index contributed by atoms with van der Waals surface area (Å²) < 4.78 is 1.45. The van der Waals surface area contributed by atoms with Crippen molar-refractivity contribution < 1.29 is 4.79 Å². The maximum atomic E-state index is 12.8. The molecule has 0 radical (unpaired) electrons. The second-order valence-electron chi connectivity index (χ2n) is 5.39. The molecular weight excluding hydrogens is 340 g/mol. The standard InChI is InChI=1S/C18H16N4O2.ClH/c1-11-6-2-5-9-15(11)22-10-14(16(23)21-18(19)20)12-7-3-4-8-13(12)17(22)24;/h2-10H,1H3,(H4,19,20,21,23);1H. The zero-order valence-electron chi connectivity index (χ0n) is 13.5. The summed E-state index contributed by atoms with van der Waals surface area (Å²) in [7, 11) is 0. The number of pyridine rings is 1. The van der Waals surface area contributed by atoms with Gasteiger partial charge in [0, 0.05) is 17.0 Å². The second kappa shape index (κ2) is 7.19. The first-order chi connectivity index (χ1) is 11.5. The van der Waals surface area contributed by atoms with Crippen LogP contribution in [0, 0.1) is 6.92 Å². The molecule has 0 fully saturated rings. The highest BCUT2D eigenvalue weighted by molar-refractivity contribution is 6.10. The van der Waals surface area contributed by atoms with Crippen LogP contribution in [-0.4, -0.2) is 16.4 Å². The number of amides is 1. The van der Waals surface area contributed by atoms with Crippen LogP contribution >= 0.6 is 12.4 Å². The van der Waals surface area contributed by atoms with Gasteiger partial charge in [-0.2, -0.15) is 4.99 Å². The summed E-state index contributed by atoms with van der Waals surface area (Å²) in [4.78, 5) is 28.8. The summed E-state index contributed by atoms with van der Waals surface area (Å²) in [6, 6.07) is 14.3. The average Bonchev–Trinajstić information content (AvgIpc) is 2.55. The molecule has 7 heteroatoms. The van der Waals surface area contributed by atoms with Crippen LogP contribution in [0.5, 0.6) is 0 Å². The fourth-order valence-electron chi connectivity index (χ4n) is 2.65. The van der Waals surface area contributed by atoms with Gasteiger partial charge in [-0.05, 0) is 24.6 Å². The van der Waals surface area contributed by atoms with E-state index in [9.17, 15) is 9.59 Å². The molecule has 0 saturated carbocycles. The molecule has 1 heterocycles. The van der Waals surface area contributed by atoms with Gasteiger partial charge in [0.2, 0.25) is 0 Å². The molecule has 1 amide bonds. The van der Waals surface area contributed by atoms with Crippen molar-refractivity contribution in [3.8, 4) is 5.69 Å². The molecule has 3 aromatic rings. The lowest BCUT2D eigenvalue weighted by molar-refractivity contribution is 0.100. The van der Waals surface area contributed by atoms with Crippen LogP contribution in [0.2, 0.25) is 0 Å². The molecule has 0 aliphatic rings. The third-order valence-electron chi connectivity index (χ3n) is 3.76. The summed E-state index contributed by atoms with van der Waals surface area (Å²) in [6.07, 6.45) is 1.49. The van der Waals surface area contributed by atoms with E-state index in [-0.39, 0.29) is 29.5 Å². The van der Waals surface area contributed by atoms with Crippen LogP contribution in [0.3, 0.4) is 0 Å². The van der Waals surface area contributed by atoms with E-state index >= 15 is 0 Å². The largest absolute Gasteiger partial charge is 0.370 e. The predicted molar refractivity (Wildman–Crippen MR) is 102 cm³/mol. The number of halogens is 1. The topological polar surface area (TPSA) is 103 Å². The van der Waals surface area contributed by atoms with Crippen molar-refractivity contribution in [2.75, 3.05) is 0 Å². The Kier molecular flexibility index (Phi) is 5.24. The van der Waals surface area contributed by atoms with Gasteiger partial charge in [0.15, 0.2) is 5.96 Å². The number of nitrogens with two attached hydrogens (primary N) is 2. The second-order valence-corrected chi connectivity index (χ2v) is 5.39. The summed E-state index contributed by atoms with van der Waals surface area (Å²) in [5.41, 5.74) is 12.3. The number of aromatic nitrogens is 1. The Labute approximate surface area is 150 Å². The maximum Gasteiger partial charge on any atom is 0.282 e. The van der Waals surface area contributed by atoms with E-state index in [0.29, 0.717) is 16.5 Å². The molecule has 0 aliphatic carbocycles. The number of carbonyl (C=O) groups excluding carboxylic acids is 1. The van der Waals surface area contributed by atoms with Crippen molar-refractivity contribution in [1.29, 1.82) is 0 Å². The lowest BCUT2D eigenvalue weighted by Crippen LogP contribution is -2.25. The minimum atomic E-state index is -0.589. The number of guanidine groups is 1. The van der Waals surface area contributed by atoms with Gasteiger partial charge < -0.3 is 11.5 Å². The predicted octanol–water partition coefficient (Wildman–Crippen LogP) is 2.13. The average molecular weight is 357 g/mol. The van der Waals surface area contributed by atoms with Gasteiger partial charge in [-0.3, -0.25) is 14.2 Å². The van der Waals surface area contributed by atoms with Crippen LogP contribution in [0.4, 0.5) is 0 Å². The smallest absolute Gasteiger partial charge is 0.282 e. The number of carbonyl (C=O) groups is 1. The van der Waals surface area contributed by atoms with Crippen molar-refractivity contribution in [3.05, 3.63) is 76.2 Å². The van der Waals surface area contributed by atoms with Crippen LogP contribution in [0.1, 0.15) is 15.9 Å². The molecular formula is C18H17ClN4O2. The third-order valence-corrected chi connectivity index (χ3v) is 3.76. The Morgan fingerprint density at radius 2 is 1.60 bits per heavy atom. The van der Waals surface area contributed by atoms with E-state index in [1.807, 2.05) is 31.2 Å². The molecule has 0 spiro atoms. The number of fused-ring (bicyclic) bond motifs is 1. The van der Waals surface area contributed by atoms with E-state index in [4.69, 9.17) is 11.5 Å². The highest BCUT2D eigenvalue weighted by Crippen LogP contribution is 2.20. The number of hydrogen-bond acceptors (Lipinski definition) is 2. The molecule has 0 saturated heterocycles. The first-order valence-electron chi connectivity index (χ1n) is 7.33. The number of para-hydroxylation sites is 1. The van der Waals surface area contributed by atoms with E-state index < -0.39 is 5.91 Å². The Hall–Kier alpha value is -3.12. The van der Waals surface area contributed by atoms with Gasteiger partial charge in [0.25, 0.3) is 11.5 Å². The minimum absolute atomic E-state index is 0. The molecule has 0 atom stereocenters. The van der Waals surface area contributed by atoms with Gasteiger partial charge >= 0.3 is 0 Å². The first kappa shape index (κ1) is 18.2. The van der Waals surface area contributed by atoms with Gasteiger partial charge in [0.05, 0.1) is 11.3 Å². The zero-order chi connectivity index (χ0) is 17.3. The van der Waals surface area contributed by atoms with Crippen molar-refractivity contribution in [2.24, 2.45) is 16.5 Å². The van der Waals surface area contributed by atoms with E-state index in [0.717, 1.165) is 5.56 Å². The molecule has 4 N–H and O–H groups in total. The fourth-order valence-corrected chi connectivity index (χ4v) is 2.65. The number of aliphatic imine (C=N–C) groups is 1. The summed E-state index contributed by atoms with van der Waals surface area (Å²) >= 11 is 0. The fraction of sp³-hybridized carbons (Fsp3) is 0.0556. The number of benzene rings is 2. The Balaban J connectivity index is 0.00000225. The monoisotopic (exact) mass is 356 g/mol. The third kappa shape index (κ3) is 3.39. The van der Waals surface area contributed by atoms with E-state index in [1.165, 1.54) is 10.8 Å². The quantitative estimate of drug-likeness (QED) is 0.542. The zero-order valence-corrected chi connectivity index (χ0v) is 14.3. The number of rotatable bonds is 2. The van der Waals surface area contributed by atoms with Crippen molar-refractivity contribution in [2.45, 2.75) is 6.92 Å². The van der Waals surface area contributed by atoms with Crippen molar-refractivity contribution in [3.63, 3.8) is 0 Å². The molecule has 25 heavy (non-hydrogen) atoms. The van der Waals surface area contributed by atoms with Gasteiger partial charge in [-0.25, -0.2) is 0 Å². The lowest BCUT2D eigenvalue weighted by Gasteiger charge is -2.12. The molecule has 0 bridgehead atoms. The molecule has 0 unspecified atom stereocenters. The van der Waals surface area contributed by atoms with Gasteiger partial charge in [-0.15, -0.1) is 12.4 Å². The maximum absolute atomic E-state index is 12.8. The number of nitrogens with zero attached hydrogens (tertiary/aromatic N) is 2. The molecule has 0 aliphatic heterocycles. The van der Waals surface area contributed by atoms with Crippen LogP contribution < -0.4 is 17.0 Å². The summed E-state index contributed by atoms with van der Waals surface area (Å²) in [5.74, 6) is -0.911. The summed E-state index contributed by atoms with van der Waals surface area (Å²) in [6.45, 7) is 1.90. The summed E-state index contributed by atoms with van der Waals surface area (Å²) in [5, 5.41) is 0.944. The Morgan fingerprint density at radius 1 is 1.00 bits per heavy atom. The number of aryl methyl sites for hydroxylation is 1. The highest BCUT2D eigenvalue weighted by atomic mass is 35.5. The van der Waals surface area contributed by atoms with Crippen LogP contribution in [0.25, 0.3) is 16.5 Å². The number of hydrogen-bond donors (Lipinski definition) is 2. The molecule has 2 aromatic carbocycles. The Bertz CT molecular complexity index is 1040. The van der Waals surface area contributed by atoms with Gasteiger partial charge in [-0.1, -0.05) is 36.4 Å². The Morgan fingerprint density at radius 3 is 2.24 bits per heavy atom. The van der Waals surface area contributed by atoms with Gasteiger partial charge in [0.1, 0.15) is 0 Å². The lowest BCUT2D eigenvalue weighted by atomic mass is 10.1. The van der Waals surface area contributed by atoms with Crippen molar-refractivity contribution >= 4 is 35.0 Å². The molecule has 1 aromatic heterocycles. The van der Waals surface area contributed by atoms with E-state index in [1.54, 1.807) is 24.3 Å². The van der Waals surface area contributed by atoms with Crippen LogP contribution in [0.15, 0.2) is 64.5 Å². The van der Waals surface area contributed by atoms with Crippen LogP contribution in [-0.2, 0) is 0 Å².